The number of rotatable bonds is 4. The molecule has 7 nitrogen and oxygen atoms in total. The molecule has 1 N–H and O–H groups in total. The van der Waals surface area contributed by atoms with Gasteiger partial charge in [0.05, 0.1) is 11.4 Å². The summed E-state index contributed by atoms with van der Waals surface area (Å²) in [7, 11) is -3.87. The van der Waals surface area contributed by atoms with E-state index in [1.165, 1.54) is 23.4 Å². The number of nitrogens with one attached hydrogen (secondary N) is 1. The molecule has 120 valence electrons. The van der Waals surface area contributed by atoms with E-state index >= 15 is 0 Å². The Hall–Kier alpha value is -3.13. The van der Waals surface area contributed by atoms with Crippen LogP contribution in [-0.2, 0) is 10.0 Å². The van der Waals surface area contributed by atoms with Crippen molar-refractivity contribution in [3.8, 4) is 5.69 Å². The molecule has 0 radical (unpaired) electrons. The Morgan fingerprint density at radius 1 is 1.04 bits per heavy atom. The van der Waals surface area contributed by atoms with Gasteiger partial charge in [-0.05, 0) is 18.2 Å². The van der Waals surface area contributed by atoms with Crippen molar-refractivity contribution in [2.45, 2.75) is 5.09 Å². The number of sulfonamides is 1. The summed E-state index contributed by atoms with van der Waals surface area (Å²) in [5.41, 5.74) is 1.46. The third-order valence-corrected chi connectivity index (χ3v) is 4.70. The molecule has 4 aromatic rings. The molecule has 2 aromatic heterocycles. The number of furan rings is 1. The smallest absolute Gasteiger partial charge is 0.295 e. The predicted octanol–water partition coefficient (Wildman–Crippen LogP) is 2.81. The Morgan fingerprint density at radius 3 is 2.62 bits per heavy atom. The average molecular weight is 340 g/mol. The number of hydrogen-bond donors (Lipinski definition) is 1. The molecule has 0 aliphatic carbocycles. The molecule has 0 bridgehead atoms. The third kappa shape index (κ3) is 2.52. The van der Waals surface area contributed by atoms with E-state index < -0.39 is 10.0 Å². The Kier molecular flexibility index (Phi) is 3.31. The summed E-state index contributed by atoms with van der Waals surface area (Å²) >= 11 is 0. The van der Waals surface area contributed by atoms with Crippen molar-refractivity contribution in [3.05, 3.63) is 67.3 Å². The molecule has 4 rings (SSSR count). The molecular weight excluding hydrogens is 328 g/mol. The lowest BCUT2D eigenvalue weighted by atomic mass is 10.3. The molecule has 0 aliphatic heterocycles. The first-order valence-electron chi connectivity index (χ1n) is 7.09. The highest BCUT2D eigenvalue weighted by atomic mass is 32.2. The van der Waals surface area contributed by atoms with Gasteiger partial charge in [-0.2, -0.15) is 13.5 Å². The summed E-state index contributed by atoms with van der Waals surface area (Å²) in [5, 5.41) is 4.61. The van der Waals surface area contributed by atoms with E-state index in [1.807, 2.05) is 6.07 Å². The molecule has 0 amide bonds. The van der Waals surface area contributed by atoms with Gasteiger partial charge in [0.2, 0.25) is 5.09 Å². The fourth-order valence-corrected chi connectivity index (χ4v) is 3.42. The molecule has 0 unspecified atom stereocenters. The van der Waals surface area contributed by atoms with Crippen LogP contribution in [-0.4, -0.2) is 23.2 Å². The standard InChI is InChI=1S/C16H12N4O3S/c21-24(22,16-9-12-5-1-4-8-15(12)23-16)19-13-6-2-3-7-14(13)20-11-17-10-18-20/h1-11,19H. The van der Waals surface area contributed by atoms with Crippen molar-refractivity contribution < 1.29 is 12.8 Å². The van der Waals surface area contributed by atoms with Gasteiger partial charge in [-0.1, -0.05) is 30.3 Å². The molecule has 8 heteroatoms. The Morgan fingerprint density at radius 2 is 1.83 bits per heavy atom. The van der Waals surface area contributed by atoms with E-state index in [0.29, 0.717) is 17.0 Å². The first-order valence-corrected chi connectivity index (χ1v) is 8.57. The minimum atomic E-state index is -3.87. The second kappa shape index (κ2) is 5.50. The lowest BCUT2D eigenvalue weighted by molar-refractivity contribution is 0.484. The first-order chi connectivity index (χ1) is 11.6. The van der Waals surface area contributed by atoms with Crippen LogP contribution in [0.25, 0.3) is 16.7 Å². The zero-order valence-corrected chi connectivity index (χ0v) is 13.1. The first kappa shape index (κ1) is 14.5. The van der Waals surface area contributed by atoms with E-state index in [0.717, 1.165) is 5.39 Å². The second-order valence-electron chi connectivity index (χ2n) is 5.07. The number of anilines is 1. The van der Waals surface area contributed by atoms with Crippen molar-refractivity contribution in [2.24, 2.45) is 0 Å². The van der Waals surface area contributed by atoms with Gasteiger partial charge in [-0.25, -0.2) is 9.67 Å². The van der Waals surface area contributed by atoms with Crippen LogP contribution in [0.5, 0.6) is 0 Å². The molecule has 0 fully saturated rings. The summed E-state index contributed by atoms with van der Waals surface area (Å²) < 4.78 is 34.8. The molecular formula is C16H12N4O3S. The van der Waals surface area contributed by atoms with Crippen LogP contribution in [0.15, 0.2) is 76.8 Å². The second-order valence-corrected chi connectivity index (χ2v) is 6.68. The summed E-state index contributed by atoms with van der Waals surface area (Å²) in [6.45, 7) is 0. The topological polar surface area (TPSA) is 90.0 Å². The van der Waals surface area contributed by atoms with Crippen LogP contribution in [0.4, 0.5) is 5.69 Å². The maximum absolute atomic E-state index is 12.6. The fraction of sp³-hybridized carbons (Fsp3) is 0. The van der Waals surface area contributed by atoms with Crippen LogP contribution in [0, 0.1) is 0 Å². The van der Waals surface area contributed by atoms with Crippen LogP contribution in [0.3, 0.4) is 0 Å². The highest BCUT2D eigenvalue weighted by Crippen LogP contribution is 2.26. The van der Waals surface area contributed by atoms with Crippen molar-refractivity contribution >= 4 is 26.7 Å². The van der Waals surface area contributed by atoms with Gasteiger partial charge < -0.3 is 4.42 Å². The summed E-state index contributed by atoms with van der Waals surface area (Å²) in [4.78, 5) is 3.88. The quantitative estimate of drug-likeness (QED) is 0.617. The van der Waals surface area contributed by atoms with Crippen molar-refractivity contribution in [3.63, 3.8) is 0 Å². The molecule has 2 aromatic carbocycles. The molecule has 0 saturated carbocycles. The van der Waals surface area contributed by atoms with Crippen LogP contribution >= 0.6 is 0 Å². The number of aromatic nitrogens is 3. The van der Waals surface area contributed by atoms with Crippen LogP contribution in [0.2, 0.25) is 0 Å². The highest BCUT2D eigenvalue weighted by Gasteiger charge is 2.21. The summed E-state index contributed by atoms with van der Waals surface area (Å²) in [6.07, 6.45) is 2.87. The molecule has 2 heterocycles. The SMILES string of the molecule is O=S(=O)(Nc1ccccc1-n1cncn1)c1cc2ccccc2o1. The largest absolute Gasteiger partial charge is 0.443 e. The van der Waals surface area contributed by atoms with Gasteiger partial charge in [0.1, 0.15) is 18.2 Å². The van der Waals surface area contributed by atoms with E-state index in [-0.39, 0.29) is 5.09 Å². The number of fused-ring (bicyclic) bond motifs is 1. The number of hydrogen-bond acceptors (Lipinski definition) is 5. The van der Waals surface area contributed by atoms with Crippen LogP contribution < -0.4 is 4.72 Å². The van der Waals surface area contributed by atoms with Gasteiger partial charge in [0.25, 0.3) is 10.0 Å². The maximum atomic E-state index is 12.6. The van der Waals surface area contributed by atoms with Gasteiger partial charge >= 0.3 is 0 Å². The molecule has 0 aliphatic rings. The minimum absolute atomic E-state index is 0.142. The average Bonchev–Trinajstić information content (AvgIpc) is 3.25. The third-order valence-electron chi connectivity index (χ3n) is 3.48. The van der Waals surface area contributed by atoms with Gasteiger partial charge in [-0.15, -0.1) is 0 Å². The molecule has 0 atom stereocenters. The maximum Gasteiger partial charge on any atom is 0.295 e. The van der Waals surface area contributed by atoms with E-state index in [9.17, 15) is 8.42 Å². The number of nitrogens with zero attached hydrogens (tertiary/aromatic N) is 3. The lowest BCUT2D eigenvalue weighted by Crippen LogP contribution is -2.14. The van der Waals surface area contributed by atoms with E-state index in [2.05, 4.69) is 14.8 Å². The molecule has 24 heavy (non-hydrogen) atoms. The van der Waals surface area contributed by atoms with Gasteiger partial charge in [-0.3, -0.25) is 4.72 Å². The van der Waals surface area contributed by atoms with Crippen molar-refractivity contribution in [1.29, 1.82) is 0 Å². The van der Waals surface area contributed by atoms with Crippen molar-refractivity contribution in [1.82, 2.24) is 14.8 Å². The zero-order valence-electron chi connectivity index (χ0n) is 12.3. The van der Waals surface area contributed by atoms with Crippen LogP contribution in [0.1, 0.15) is 0 Å². The summed E-state index contributed by atoms with van der Waals surface area (Å²) in [5.74, 6) is 0. The number of benzene rings is 2. The van der Waals surface area contributed by atoms with Gasteiger partial charge in [0.15, 0.2) is 0 Å². The Bertz CT molecular complexity index is 1070. The minimum Gasteiger partial charge on any atom is -0.443 e. The number of para-hydroxylation sites is 3. The lowest BCUT2D eigenvalue weighted by Gasteiger charge is -2.10. The Labute approximate surface area is 137 Å². The fourth-order valence-electron chi connectivity index (χ4n) is 2.38. The normalized spacial score (nSPS) is 11.7. The van der Waals surface area contributed by atoms with E-state index in [1.54, 1.807) is 42.5 Å². The highest BCUT2D eigenvalue weighted by molar-refractivity contribution is 7.92. The van der Waals surface area contributed by atoms with Gasteiger partial charge in [0, 0.05) is 11.5 Å². The van der Waals surface area contributed by atoms with Crippen molar-refractivity contribution in [2.75, 3.05) is 4.72 Å². The molecule has 0 saturated heterocycles. The monoisotopic (exact) mass is 340 g/mol. The molecule has 0 spiro atoms. The summed E-state index contributed by atoms with van der Waals surface area (Å²) in [6, 6.07) is 15.5. The van der Waals surface area contributed by atoms with E-state index in [4.69, 9.17) is 4.42 Å². The zero-order chi connectivity index (χ0) is 16.6. The predicted molar refractivity (Wildman–Crippen MR) is 88.4 cm³/mol. The Balaban J connectivity index is 1.75.